The summed E-state index contributed by atoms with van der Waals surface area (Å²) < 4.78 is 0.864. The Bertz CT molecular complexity index is 886. The molecule has 2 aromatic heterocycles. The van der Waals surface area contributed by atoms with E-state index in [4.69, 9.17) is 0 Å². The molecule has 1 unspecified atom stereocenters. The summed E-state index contributed by atoms with van der Waals surface area (Å²) in [4.78, 5) is 11.8. The highest BCUT2D eigenvalue weighted by atomic mass is 32.2. The Balaban J connectivity index is 1.93. The van der Waals surface area contributed by atoms with Crippen molar-refractivity contribution in [3.8, 4) is 6.07 Å². The predicted octanol–water partition coefficient (Wildman–Crippen LogP) is 4.30. The van der Waals surface area contributed by atoms with Crippen LogP contribution in [0.15, 0.2) is 39.7 Å². The first kappa shape index (κ1) is 15.6. The van der Waals surface area contributed by atoms with Gasteiger partial charge < -0.3 is 10.1 Å². The standard InChI is InChI=1S/C16H14N4OS2/c1-9-8-22-16(18-9)23-10(2)14(21)11(7-17)15-19-12-5-3-4-6-13(12)20-15/h3-6,8,10,21H,1-2H3,(H,19,20). The highest BCUT2D eigenvalue weighted by Crippen LogP contribution is 2.32. The molecule has 0 aliphatic heterocycles. The zero-order valence-electron chi connectivity index (χ0n) is 12.6. The van der Waals surface area contributed by atoms with E-state index in [9.17, 15) is 10.4 Å². The van der Waals surface area contributed by atoms with Crippen molar-refractivity contribution in [1.29, 1.82) is 5.26 Å². The van der Waals surface area contributed by atoms with E-state index in [1.165, 1.54) is 23.1 Å². The number of aromatic nitrogens is 3. The number of fused-ring (bicyclic) bond motifs is 1. The number of nitrogens with zero attached hydrogens (tertiary/aromatic N) is 3. The van der Waals surface area contributed by atoms with E-state index < -0.39 is 0 Å². The molecule has 0 aliphatic rings. The molecule has 0 fully saturated rings. The molecule has 1 aromatic carbocycles. The van der Waals surface area contributed by atoms with Gasteiger partial charge in [-0.05, 0) is 26.0 Å². The Morgan fingerprint density at radius 1 is 1.39 bits per heavy atom. The Labute approximate surface area is 141 Å². The van der Waals surface area contributed by atoms with Crippen LogP contribution in [0.1, 0.15) is 18.4 Å². The molecule has 1 atom stereocenters. The number of thiazole rings is 1. The summed E-state index contributed by atoms with van der Waals surface area (Å²) in [6, 6.07) is 9.57. The summed E-state index contributed by atoms with van der Waals surface area (Å²) in [5.41, 5.74) is 2.71. The Morgan fingerprint density at radius 2 is 2.17 bits per heavy atom. The van der Waals surface area contributed by atoms with E-state index in [0.29, 0.717) is 5.82 Å². The second-order valence-electron chi connectivity index (χ2n) is 4.99. The SMILES string of the molecule is Cc1csc(SC(C)C(O)=C(C#N)c2nc3ccccc3[nH]2)n1. The largest absolute Gasteiger partial charge is 0.510 e. The van der Waals surface area contributed by atoms with Gasteiger partial charge in [-0.3, -0.25) is 0 Å². The molecule has 2 N–H and O–H groups in total. The van der Waals surface area contributed by atoms with E-state index >= 15 is 0 Å². The highest BCUT2D eigenvalue weighted by molar-refractivity contribution is 8.01. The van der Waals surface area contributed by atoms with Crippen LogP contribution in [0.4, 0.5) is 0 Å². The number of benzene rings is 1. The maximum absolute atomic E-state index is 10.5. The second-order valence-corrected chi connectivity index (χ2v) is 7.44. The zero-order valence-corrected chi connectivity index (χ0v) is 14.2. The summed E-state index contributed by atoms with van der Waals surface area (Å²) in [6.45, 7) is 3.77. The number of allylic oxidation sites excluding steroid dienone is 1. The number of rotatable bonds is 4. The molecule has 0 radical (unpaired) electrons. The lowest BCUT2D eigenvalue weighted by molar-refractivity contribution is 0.402. The van der Waals surface area contributed by atoms with E-state index in [2.05, 4.69) is 21.0 Å². The third kappa shape index (κ3) is 3.23. The minimum atomic E-state index is -0.289. The quantitative estimate of drug-likeness (QED) is 0.419. The number of hydrogen-bond acceptors (Lipinski definition) is 6. The van der Waals surface area contributed by atoms with Crippen molar-refractivity contribution >= 4 is 39.7 Å². The molecular formula is C16H14N4OS2. The van der Waals surface area contributed by atoms with Crippen LogP contribution in [0.25, 0.3) is 16.6 Å². The Hall–Kier alpha value is -2.30. The normalized spacial score (nSPS) is 13.6. The Kier molecular flexibility index (Phi) is 4.37. The number of H-pyrrole nitrogens is 1. The van der Waals surface area contributed by atoms with Crippen molar-refractivity contribution in [3.05, 3.63) is 46.9 Å². The second kappa shape index (κ2) is 6.44. The van der Waals surface area contributed by atoms with Crippen LogP contribution in [0.3, 0.4) is 0 Å². The van der Waals surface area contributed by atoms with Gasteiger partial charge in [-0.15, -0.1) is 11.3 Å². The third-order valence-electron chi connectivity index (χ3n) is 3.25. The van der Waals surface area contributed by atoms with Crippen molar-refractivity contribution in [3.63, 3.8) is 0 Å². The van der Waals surface area contributed by atoms with Crippen LogP contribution in [-0.2, 0) is 0 Å². The zero-order chi connectivity index (χ0) is 16.4. The summed E-state index contributed by atoms with van der Waals surface area (Å²) in [5, 5.41) is 21.6. The van der Waals surface area contributed by atoms with Crippen LogP contribution in [-0.4, -0.2) is 25.3 Å². The number of thioether (sulfide) groups is 1. The molecule has 3 aromatic rings. The summed E-state index contributed by atoms with van der Waals surface area (Å²) in [7, 11) is 0. The molecule has 5 nitrogen and oxygen atoms in total. The van der Waals surface area contributed by atoms with Gasteiger partial charge in [0.1, 0.15) is 17.4 Å². The van der Waals surface area contributed by atoms with Crippen molar-refractivity contribution in [1.82, 2.24) is 15.0 Å². The molecule has 0 aliphatic carbocycles. The maximum atomic E-state index is 10.5. The molecule has 0 amide bonds. The molecular weight excluding hydrogens is 328 g/mol. The van der Waals surface area contributed by atoms with Crippen molar-refractivity contribution in [2.45, 2.75) is 23.4 Å². The van der Waals surface area contributed by atoms with Crippen LogP contribution in [0, 0.1) is 18.3 Å². The molecule has 23 heavy (non-hydrogen) atoms. The molecule has 0 saturated carbocycles. The van der Waals surface area contributed by atoms with Crippen molar-refractivity contribution in [2.24, 2.45) is 0 Å². The molecule has 0 saturated heterocycles. The number of imidazole rings is 1. The predicted molar refractivity (Wildman–Crippen MR) is 93.4 cm³/mol. The lowest BCUT2D eigenvalue weighted by Crippen LogP contribution is -2.04. The highest BCUT2D eigenvalue weighted by Gasteiger charge is 2.20. The van der Waals surface area contributed by atoms with Crippen molar-refractivity contribution in [2.75, 3.05) is 0 Å². The fraction of sp³-hybridized carbons (Fsp3) is 0.188. The van der Waals surface area contributed by atoms with Gasteiger partial charge in [-0.1, -0.05) is 23.9 Å². The number of aliphatic hydroxyl groups is 1. The topological polar surface area (TPSA) is 85.6 Å². The average Bonchev–Trinajstić information content (AvgIpc) is 3.13. The van der Waals surface area contributed by atoms with Gasteiger partial charge in [0, 0.05) is 11.1 Å². The summed E-state index contributed by atoms with van der Waals surface area (Å²) in [6.07, 6.45) is 0. The van der Waals surface area contributed by atoms with Crippen molar-refractivity contribution < 1.29 is 5.11 Å². The lowest BCUT2D eigenvalue weighted by atomic mass is 10.2. The number of para-hydroxylation sites is 2. The van der Waals surface area contributed by atoms with Gasteiger partial charge in [-0.25, -0.2) is 9.97 Å². The van der Waals surface area contributed by atoms with Gasteiger partial charge in [0.15, 0.2) is 10.2 Å². The molecule has 116 valence electrons. The Morgan fingerprint density at radius 3 is 2.83 bits per heavy atom. The van der Waals surface area contributed by atoms with Gasteiger partial charge in [0.2, 0.25) is 0 Å². The third-order valence-corrected chi connectivity index (χ3v) is 5.45. The van der Waals surface area contributed by atoms with E-state index in [1.807, 2.05) is 43.5 Å². The lowest BCUT2D eigenvalue weighted by Gasteiger charge is -2.09. The van der Waals surface area contributed by atoms with Crippen LogP contribution >= 0.6 is 23.1 Å². The van der Waals surface area contributed by atoms with Crippen LogP contribution < -0.4 is 0 Å². The average molecular weight is 342 g/mol. The number of nitrogens with one attached hydrogen (secondary N) is 1. The monoisotopic (exact) mass is 342 g/mol. The van der Waals surface area contributed by atoms with Gasteiger partial charge in [0.05, 0.1) is 16.3 Å². The fourth-order valence-electron chi connectivity index (χ4n) is 2.10. The summed E-state index contributed by atoms with van der Waals surface area (Å²) >= 11 is 2.95. The number of aryl methyl sites for hydroxylation is 1. The summed E-state index contributed by atoms with van der Waals surface area (Å²) in [5.74, 6) is 0.387. The van der Waals surface area contributed by atoms with E-state index in [0.717, 1.165) is 21.1 Å². The maximum Gasteiger partial charge on any atom is 0.152 e. The minimum absolute atomic E-state index is 0.00408. The number of hydrogen-bond donors (Lipinski definition) is 2. The fourth-order valence-corrected chi connectivity index (χ4v) is 4.15. The first-order valence-corrected chi connectivity index (χ1v) is 8.71. The van der Waals surface area contributed by atoms with E-state index in [1.54, 1.807) is 0 Å². The van der Waals surface area contributed by atoms with Gasteiger partial charge in [0.25, 0.3) is 0 Å². The van der Waals surface area contributed by atoms with Gasteiger partial charge >= 0.3 is 0 Å². The number of nitriles is 1. The van der Waals surface area contributed by atoms with E-state index in [-0.39, 0.29) is 16.6 Å². The smallest absolute Gasteiger partial charge is 0.152 e. The molecule has 0 bridgehead atoms. The molecule has 2 heterocycles. The molecule has 3 rings (SSSR count). The van der Waals surface area contributed by atoms with Crippen LogP contribution in [0.2, 0.25) is 0 Å². The van der Waals surface area contributed by atoms with Crippen LogP contribution in [0.5, 0.6) is 0 Å². The van der Waals surface area contributed by atoms with Gasteiger partial charge in [-0.2, -0.15) is 5.26 Å². The molecule has 7 heteroatoms. The first-order chi connectivity index (χ1) is 11.1. The molecule has 0 spiro atoms. The first-order valence-electron chi connectivity index (χ1n) is 6.95. The number of aromatic amines is 1. The number of aliphatic hydroxyl groups excluding tert-OH is 1. The minimum Gasteiger partial charge on any atom is -0.510 e.